The van der Waals surface area contributed by atoms with Gasteiger partial charge in [-0.2, -0.15) is 5.10 Å². The maximum absolute atomic E-state index is 12.5. The predicted octanol–water partition coefficient (Wildman–Crippen LogP) is 1.75. The van der Waals surface area contributed by atoms with E-state index < -0.39 is 4.92 Å². The van der Waals surface area contributed by atoms with Crippen LogP contribution < -0.4 is 0 Å². The summed E-state index contributed by atoms with van der Waals surface area (Å²) in [6.07, 6.45) is 0.253. The number of ether oxygens (including phenoxy) is 1. The lowest BCUT2D eigenvalue weighted by molar-refractivity contribution is -0.386. The quantitative estimate of drug-likeness (QED) is 0.421. The van der Waals surface area contributed by atoms with E-state index in [1.54, 1.807) is 30.9 Å². The molecule has 0 N–H and O–H groups in total. The average Bonchev–Trinajstić information content (AvgIpc) is 3.20. The molecule has 9 nitrogen and oxygen atoms in total. The number of nitro groups is 1. The van der Waals surface area contributed by atoms with Crippen LogP contribution in [-0.2, 0) is 22.5 Å². The maximum atomic E-state index is 12.5. The van der Waals surface area contributed by atoms with Crippen molar-refractivity contribution in [3.63, 3.8) is 0 Å². The predicted molar refractivity (Wildman–Crippen MR) is 98.1 cm³/mol. The third-order valence-corrected chi connectivity index (χ3v) is 5.57. The Labute approximate surface area is 159 Å². The number of aromatic nitrogens is 2. The van der Waals surface area contributed by atoms with Crippen LogP contribution in [0.25, 0.3) is 0 Å². The number of carbonyl (C=O) groups is 2. The largest absolute Gasteiger partial charge is 0.378 e. The number of morpholine rings is 1. The first kappa shape index (κ1) is 19.2. The summed E-state index contributed by atoms with van der Waals surface area (Å²) in [6, 6.07) is 3.47. The van der Waals surface area contributed by atoms with Crippen molar-refractivity contribution in [2.24, 2.45) is 0 Å². The van der Waals surface area contributed by atoms with E-state index in [2.05, 4.69) is 5.10 Å². The fourth-order valence-corrected chi connectivity index (χ4v) is 3.94. The topological polar surface area (TPSA) is 108 Å². The molecule has 0 unspecified atom stereocenters. The van der Waals surface area contributed by atoms with Crippen molar-refractivity contribution in [2.45, 2.75) is 26.8 Å². The third-order valence-electron chi connectivity index (χ3n) is 4.44. The Morgan fingerprint density at radius 2 is 2.00 bits per heavy atom. The van der Waals surface area contributed by atoms with Gasteiger partial charge in [0, 0.05) is 18.0 Å². The monoisotopic (exact) mass is 392 g/mol. The molecule has 1 fully saturated rings. The second kappa shape index (κ2) is 7.97. The van der Waals surface area contributed by atoms with Crippen LogP contribution in [0.5, 0.6) is 0 Å². The first-order valence-electron chi connectivity index (χ1n) is 8.52. The summed E-state index contributed by atoms with van der Waals surface area (Å²) in [6.45, 7) is 5.33. The molecule has 0 spiro atoms. The zero-order valence-electron chi connectivity index (χ0n) is 15.1. The van der Waals surface area contributed by atoms with Gasteiger partial charge in [0.15, 0.2) is 5.78 Å². The van der Waals surface area contributed by atoms with Crippen LogP contribution in [0.4, 0.5) is 5.69 Å². The van der Waals surface area contributed by atoms with Crippen LogP contribution in [0.1, 0.15) is 25.9 Å². The van der Waals surface area contributed by atoms with Gasteiger partial charge in [-0.1, -0.05) is 0 Å². The van der Waals surface area contributed by atoms with Gasteiger partial charge in [-0.15, -0.1) is 11.3 Å². The van der Waals surface area contributed by atoms with E-state index in [-0.39, 0.29) is 36.0 Å². The van der Waals surface area contributed by atoms with Gasteiger partial charge >= 0.3 is 5.69 Å². The van der Waals surface area contributed by atoms with Gasteiger partial charge in [0.05, 0.1) is 29.4 Å². The second-order valence-electron chi connectivity index (χ2n) is 6.29. The van der Waals surface area contributed by atoms with Crippen LogP contribution in [0.2, 0.25) is 0 Å². The molecule has 3 heterocycles. The van der Waals surface area contributed by atoms with Gasteiger partial charge < -0.3 is 9.64 Å². The smallest absolute Gasteiger partial charge is 0.312 e. The minimum atomic E-state index is -0.487. The summed E-state index contributed by atoms with van der Waals surface area (Å²) in [5, 5.41) is 15.2. The minimum Gasteiger partial charge on any atom is -0.378 e. The maximum Gasteiger partial charge on any atom is 0.312 e. The fraction of sp³-hybridized carbons (Fsp3) is 0.471. The fourth-order valence-electron chi connectivity index (χ4n) is 3.02. The zero-order chi connectivity index (χ0) is 19.6. The highest BCUT2D eigenvalue weighted by Crippen LogP contribution is 2.23. The van der Waals surface area contributed by atoms with Crippen molar-refractivity contribution < 1.29 is 19.2 Å². The zero-order valence-corrected chi connectivity index (χ0v) is 16.0. The molecule has 1 aliphatic rings. The van der Waals surface area contributed by atoms with E-state index in [4.69, 9.17) is 4.74 Å². The number of ketones is 1. The standard InChI is InChI=1S/C17H20N4O5S/c1-11-17(21(24)25)12(2)20(18-11)10-14(22)15-4-3-13(27-15)9-16(23)19-5-7-26-8-6-19/h3-4H,5-10H2,1-2H3. The molecular formula is C17H20N4O5S. The van der Waals surface area contributed by atoms with E-state index in [9.17, 15) is 19.7 Å². The van der Waals surface area contributed by atoms with Crippen molar-refractivity contribution in [1.29, 1.82) is 0 Å². The van der Waals surface area contributed by atoms with Crippen molar-refractivity contribution in [2.75, 3.05) is 26.3 Å². The van der Waals surface area contributed by atoms with Gasteiger partial charge in [-0.05, 0) is 26.0 Å². The highest BCUT2D eigenvalue weighted by Gasteiger charge is 2.24. The molecule has 0 radical (unpaired) electrons. The number of thiophene rings is 1. The molecule has 10 heteroatoms. The van der Waals surface area contributed by atoms with Crippen LogP contribution in [0.15, 0.2) is 12.1 Å². The molecule has 0 aliphatic carbocycles. The Morgan fingerprint density at radius 3 is 2.63 bits per heavy atom. The van der Waals surface area contributed by atoms with Gasteiger partial charge in [-0.3, -0.25) is 24.4 Å². The Bertz CT molecular complexity index is 882. The Hall–Kier alpha value is -2.59. The summed E-state index contributed by atoms with van der Waals surface area (Å²) < 4.78 is 6.60. The highest BCUT2D eigenvalue weighted by molar-refractivity contribution is 7.14. The molecule has 3 rings (SSSR count). The Balaban J connectivity index is 1.66. The molecule has 2 aromatic rings. The average molecular weight is 392 g/mol. The number of carbonyl (C=O) groups excluding carboxylic acids is 2. The second-order valence-corrected chi connectivity index (χ2v) is 7.46. The first-order valence-corrected chi connectivity index (χ1v) is 9.34. The first-order chi connectivity index (χ1) is 12.9. The van der Waals surface area contributed by atoms with Crippen molar-refractivity contribution in [3.8, 4) is 0 Å². The molecule has 144 valence electrons. The van der Waals surface area contributed by atoms with Crippen LogP contribution >= 0.6 is 11.3 Å². The number of amides is 1. The van der Waals surface area contributed by atoms with Crippen LogP contribution in [0.3, 0.4) is 0 Å². The normalized spacial score (nSPS) is 14.4. The molecule has 0 atom stereocenters. The SMILES string of the molecule is Cc1nn(CC(=O)c2ccc(CC(=O)N3CCOCC3)s2)c(C)c1[N+](=O)[O-]. The Morgan fingerprint density at radius 1 is 1.30 bits per heavy atom. The summed E-state index contributed by atoms with van der Waals surface area (Å²) in [7, 11) is 0. The number of aryl methyl sites for hydroxylation is 1. The van der Waals surface area contributed by atoms with E-state index in [0.29, 0.717) is 36.9 Å². The summed E-state index contributed by atoms with van der Waals surface area (Å²) in [4.78, 5) is 38.5. The molecular weight excluding hydrogens is 372 g/mol. The lowest BCUT2D eigenvalue weighted by Crippen LogP contribution is -2.41. The lowest BCUT2D eigenvalue weighted by atomic mass is 10.2. The van der Waals surface area contributed by atoms with Crippen LogP contribution in [0, 0.1) is 24.0 Å². The van der Waals surface area contributed by atoms with E-state index in [1.165, 1.54) is 16.0 Å². The minimum absolute atomic E-state index is 0.0216. The summed E-state index contributed by atoms with van der Waals surface area (Å²) in [5.74, 6) is -0.168. The molecule has 0 aromatic carbocycles. The van der Waals surface area contributed by atoms with Crippen molar-refractivity contribution >= 4 is 28.7 Å². The third kappa shape index (κ3) is 4.22. The van der Waals surface area contributed by atoms with Gasteiger partial charge in [-0.25, -0.2) is 0 Å². The highest BCUT2D eigenvalue weighted by atomic mass is 32.1. The molecule has 1 aliphatic heterocycles. The van der Waals surface area contributed by atoms with E-state index in [0.717, 1.165) is 4.88 Å². The van der Waals surface area contributed by atoms with Crippen molar-refractivity contribution in [3.05, 3.63) is 43.4 Å². The number of hydrogen-bond donors (Lipinski definition) is 0. The van der Waals surface area contributed by atoms with Gasteiger partial charge in [0.25, 0.3) is 0 Å². The van der Waals surface area contributed by atoms with Crippen LogP contribution in [-0.4, -0.2) is 57.6 Å². The molecule has 0 saturated carbocycles. The van der Waals surface area contributed by atoms with Crippen molar-refractivity contribution in [1.82, 2.24) is 14.7 Å². The number of hydrogen-bond acceptors (Lipinski definition) is 7. The molecule has 0 bridgehead atoms. The van der Waals surface area contributed by atoms with Gasteiger partial charge in [0.1, 0.15) is 17.9 Å². The lowest BCUT2D eigenvalue weighted by Gasteiger charge is -2.26. The summed E-state index contributed by atoms with van der Waals surface area (Å²) >= 11 is 1.27. The van der Waals surface area contributed by atoms with E-state index in [1.807, 2.05) is 0 Å². The molecule has 2 aromatic heterocycles. The van der Waals surface area contributed by atoms with Gasteiger partial charge in [0.2, 0.25) is 5.91 Å². The number of Topliss-reactive ketones (excluding diaryl/α,β-unsaturated/α-hetero) is 1. The number of nitrogens with zero attached hydrogens (tertiary/aromatic N) is 4. The Kier molecular flexibility index (Phi) is 5.66. The number of rotatable bonds is 6. The van der Waals surface area contributed by atoms with E-state index >= 15 is 0 Å². The molecule has 27 heavy (non-hydrogen) atoms. The molecule has 1 amide bonds. The summed E-state index contributed by atoms with van der Waals surface area (Å²) in [5.41, 5.74) is 0.573. The molecule has 1 saturated heterocycles.